The number of rotatable bonds is 4. The van der Waals surface area contributed by atoms with Gasteiger partial charge in [-0.2, -0.15) is 0 Å². The van der Waals surface area contributed by atoms with Crippen molar-refractivity contribution in [3.8, 4) is 5.75 Å². The summed E-state index contributed by atoms with van der Waals surface area (Å²) in [5.41, 5.74) is 1.93. The van der Waals surface area contributed by atoms with Crippen molar-refractivity contribution in [3.05, 3.63) is 62.0 Å². The van der Waals surface area contributed by atoms with E-state index in [1.54, 1.807) is 12.1 Å². The van der Waals surface area contributed by atoms with E-state index >= 15 is 0 Å². The van der Waals surface area contributed by atoms with Gasteiger partial charge in [0.25, 0.3) is 0 Å². The molecule has 3 rings (SSSR count). The number of hydrogen-bond acceptors (Lipinski definition) is 2. The summed E-state index contributed by atoms with van der Waals surface area (Å²) < 4.78 is 6.75. The topological polar surface area (TPSA) is 12.5 Å². The van der Waals surface area contributed by atoms with Crippen LogP contribution >= 0.6 is 51.3 Å². The van der Waals surface area contributed by atoms with Gasteiger partial charge in [0.15, 0.2) is 0 Å². The Morgan fingerprint density at radius 2 is 1.88 bits per heavy atom. The van der Waals surface area contributed by atoms with Crippen LogP contribution in [0, 0.1) is 0 Å². The fourth-order valence-corrected chi connectivity index (χ4v) is 3.91. The highest BCUT2D eigenvalue weighted by atomic mass is 79.9. The molecule has 2 nitrogen and oxygen atoms in total. The van der Waals surface area contributed by atoms with Crippen LogP contribution in [0.1, 0.15) is 24.0 Å². The van der Waals surface area contributed by atoms with Crippen LogP contribution in [0.5, 0.6) is 5.75 Å². The summed E-state index contributed by atoms with van der Waals surface area (Å²) in [6.07, 6.45) is 2.43. The zero-order valence-corrected chi connectivity index (χ0v) is 16.8. The number of likely N-dealkylation sites (tertiary alicyclic amines) is 1. The fraction of sp³-hybridized carbons (Fsp3) is 0.278. The van der Waals surface area contributed by atoms with Crippen LogP contribution in [0.4, 0.5) is 0 Å². The summed E-state index contributed by atoms with van der Waals surface area (Å²) >= 11 is 21.2. The maximum atomic E-state index is 6.18. The van der Waals surface area contributed by atoms with E-state index in [1.165, 1.54) is 12.8 Å². The van der Waals surface area contributed by atoms with Gasteiger partial charge in [-0.25, -0.2) is 0 Å². The third-order valence-electron chi connectivity index (χ3n) is 3.97. The smallest absolute Gasteiger partial charge is 0.134 e. The van der Waals surface area contributed by atoms with Crippen molar-refractivity contribution in [2.75, 3.05) is 13.1 Å². The van der Waals surface area contributed by atoms with Gasteiger partial charge >= 0.3 is 0 Å². The number of benzene rings is 2. The zero-order valence-electron chi connectivity index (χ0n) is 12.9. The molecule has 1 fully saturated rings. The highest BCUT2D eigenvalue weighted by Gasteiger charge is 2.17. The van der Waals surface area contributed by atoms with E-state index < -0.39 is 0 Å². The minimum absolute atomic E-state index is 0.379. The Balaban J connectivity index is 1.69. The van der Waals surface area contributed by atoms with E-state index in [4.69, 9.17) is 40.2 Å². The second-order valence-corrected chi connectivity index (χ2v) is 7.75. The van der Waals surface area contributed by atoms with Crippen molar-refractivity contribution < 1.29 is 4.74 Å². The molecular weight excluding hydrogens is 429 g/mol. The number of hydrogen-bond donors (Lipinski definition) is 0. The van der Waals surface area contributed by atoms with E-state index in [-0.39, 0.29) is 0 Å². The van der Waals surface area contributed by atoms with Gasteiger partial charge in [0, 0.05) is 34.3 Å². The molecule has 1 heterocycles. The van der Waals surface area contributed by atoms with E-state index in [2.05, 4.69) is 20.8 Å². The van der Waals surface area contributed by atoms with Crippen LogP contribution in [0.2, 0.25) is 10.0 Å². The molecule has 2 aromatic carbocycles. The summed E-state index contributed by atoms with van der Waals surface area (Å²) in [6.45, 7) is 2.47. The van der Waals surface area contributed by atoms with Gasteiger partial charge < -0.3 is 9.64 Å². The molecule has 1 aliphatic rings. The molecule has 24 heavy (non-hydrogen) atoms. The predicted octanol–water partition coefficient (Wildman–Crippen LogP) is 6.11. The van der Waals surface area contributed by atoms with E-state index in [9.17, 15) is 0 Å². The van der Waals surface area contributed by atoms with Crippen LogP contribution < -0.4 is 4.74 Å². The highest BCUT2D eigenvalue weighted by Crippen LogP contribution is 2.29. The van der Waals surface area contributed by atoms with Crippen LogP contribution in [-0.2, 0) is 6.61 Å². The summed E-state index contributed by atoms with van der Waals surface area (Å²) in [5.74, 6) is 0.758. The Morgan fingerprint density at radius 3 is 2.54 bits per heavy atom. The van der Waals surface area contributed by atoms with Gasteiger partial charge in [0.1, 0.15) is 17.3 Å². The van der Waals surface area contributed by atoms with Crippen molar-refractivity contribution in [2.45, 2.75) is 19.4 Å². The van der Waals surface area contributed by atoms with Crippen molar-refractivity contribution >= 4 is 56.3 Å². The Morgan fingerprint density at radius 1 is 1.12 bits per heavy atom. The minimum atomic E-state index is 0.379. The van der Waals surface area contributed by atoms with Gasteiger partial charge in [-0.15, -0.1) is 0 Å². The lowest BCUT2D eigenvalue weighted by molar-refractivity contribution is 0.304. The zero-order chi connectivity index (χ0) is 17.1. The van der Waals surface area contributed by atoms with E-state index in [0.717, 1.165) is 39.4 Å². The Hall–Kier alpha value is -0.810. The Bertz CT molecular complexity index is 763. The lowest BCUT2D eigenvalue weighted by atomic mass is 10.2. The highest BCUT2D eigenvalue weighted by molar-refractivity contribution is 9.10. The standard InChI is InChI=1S/C18H16BrCl2NOS/c19-15-9-12(18(24)22-7-1-2-8-22)4-6-17(15)23-11-13-3-5-14(20)10-16(13)21/h3-6,9-10H,1-2,7-8,11H2. The second kappa shape index (κ2) is 8.05. The van der Waals surface area contributed by atoms with Crippen LogP contribution in [0.15, 0.2) is 40.9 Å². The maximum Gasteiger partial charge on any atom is 0.134 e. The molecule has 126 valence electrons. The molecule has 1 aliphatic heterocycles. The molecule has 0 saturated carbocycles. The van der Waals surface area contributed by atoms with E-state index in [0.29, 0.717) is 16.7 Å². The first-order valence-electron chi connectivity index (χ1n) is 7.70. The first-order valence-corrected chi connectivity index (χ1v) is 9.66. The van der Waals surface area contributed by atoms with E-state index in [1.807, 2.05) is 24.3 Å². The molecule has 0 aromatic heterocycles. The fourth-order valence-electron chi connectivity index (χ4n) is 2.65. The van der Waals surface area contributed by atoms with Crippen molar-refractivity contribution in [1.29, 1.82) is 0 Å². The molecule has 0 atom stereocenters. The van der Waals surface area contributed by atoms with Crippen molar-refractivity contribution in [3.63, 3.8) is 0 Å². The van der Waals surface area contributed by atoms with Crippen molar-refractivity contribution in [2.24, 2.45) is 0 Å². The molecule has 2 aromatic rings. The molecule has 6 heteroatoms. The normalized spacial score (nSPS) is 14.0. The number of ether oxygens (including phenoxy) is 1. The third kappa shape index (κ3) is 4.23. The molecule has 1 saturated heterocycles. The molecule has 0 unspecified atom stereocenters. The molecule has 0 amide bonds. The van der Waals surface area contributed by atoms with Crippen LogP contribution in [0.3, 0.4) is 0 Å². The largest absolute Gasteiger partial charge is 0.488 e. The van der Waals surface area contributed by atoms with Gasteiger partial charge in [-0.3, -0.25) is 0 Å². The second-order valence-electron chi connectivity index (χ2n) is 5.67. The van der Waals surface area contributed by atoms with Crippen LogP contribution in [0.25, 0.3) is 0 Å². The SMILES string of the molecule is S=C(c1ccc(OCc2ccc(Cl)cc2Cl)c(Br)c1)N1CCCC1. The molecule has 0 spiro atoms. The average molecular weight is 445 g/mol. The summed E-state index contributed by atoms with van der Waals surface area (Å²) in [6, 6.07) is 11.3. The summed E-state index contributed by atoms with van der Waals surface area (Å²) in [4.78, 5) is 3.16. The maximum absolute atomic E-state index is 6.18. The molecule has 0 N–H and O–H groups in total. The first kappa shape index (κ1) is 18.0. The Kier molecular flexibility index (Phi) is 6.03. The lowest BCUT2D eigenvalue weighted by Crippen LogP contribution is -2.26. The van der Waals surface area contributed by atoms with Gasteiger partial charge in [-0.1, -0.05) is 41.5 Å². The quantitative estimate of drug-likeness (QED) is 0.528. The molecule has 0 radical (unpaired) electrons. The third-order valence-corrected chi connectivity index (χ3v) is 5.67. The number of thiocarbonyl (C=S) groups is 1. The average Bonchev–Trinajstić information content (AvgIpc) is 3.09. The number of halogens is 3. The Labute approximate surface area is 165 Å². The monoisotopic (exact) mass is 443 g/mol. The van der Waals surface area contributed by atoms with Crippen molar-refractivity contribution in [1.82, 2.24) is 4.90 Å². The lowest BCUT2D eigenvalue weighted by Gasteiger charge is -2.19. The molecule has 0 bridgehead atoms. The van der Waals surface area contributed by atoms with Gasteiger partial charge in [-0.05, 0) is 59.1 Å². The molecular formula is C18H16BrCl2NOS. The number of nitrogens with zero attached hydrogens (tertiary/aromatic N) is 1. The van der Waals surface area contributed by atoms with Crippen LogP contribution in [-0.4, -0.2) is 23.0 Å². The predicted molar refractivity (Wildman–Crippen MR) is 107 cm³/mol. The van der Waals surface area contributed by atoms with Gasteiger partial charge in [0.2, 0.25) is 0 Å². The minimum Gasteiger partial charge on any atom is -0.488 e. The van der Waals surface area contributed by atoms with Gasteiger partial charge in [0.05, 0.1) is 4.47 Å². The summed E-state index contributed by atoms with van der Waals surface area (Å²) in [7, 11) is 0. The first-order chi connectivity index (χ1) is 11.5. The molecule has 0 aliphatic carbocycles. The summed E-state index contributed by atoms with van der Waals surface area (Å²) in [5, 5.41) is 1.22.